The van der Waals surface area contributed by atoms with Gasteiger partial charge in [-0.15, -0.1) is 24.0 Å². The molecule has 0 radical (unpaired) electrons. The summed E-state index contributed by atoms with van der Waals surface area (Å²) in [5, 5.41) is 8.07. The molecule has 0 amide bonds. The maximum Gasteiger partial charge on any atom is 0.191 e. The van der Waals surface area contributed by atoms with E-state index in [1.807, 2.05) is 12.3 Å². The molecule has 0 saturated carbocycles. The van der Waals surface area contributed by atoms with Crippen LogP contribution in [0.3, 0.4) is 0 Å². The fourth-order valence-electron chi connectivity index (χ4n) is 3.27. The highest BCUT2D eigenvalue weighted by atomic mass is 127. The van der Waals surface area contributed by atoms with Crippen molar-refractivity contribution in [3.05, 3.63) is 65.1 Å². The lowest BCUT2D eigenvalue weighted by Crippen LogP contribution is -2.38. The van der Waals surface area contributed by atoms with Crippen LogP contribution in [0.15, 0.2) is 47.7 Å². The summed E-state index contributed by atoms with van der Waals surface area (Å²) >= 11 is 0. The van der Waals surface area contributed by atoms with E-state index in [1.165, 1.54) is 27.6 Å². The van der Waals surface area contributed by atoms with Crippen molar-refractivity contribution in [2.75, 3.05) is 13.1 Å². The Morgan fingerprint density at radius 3 is 2.71 bits per heavy atom. The van der Waals surface area contributed by atoms with Gasteiger partial charge in [-0.2, -0.15) is 0 Å². The van der Waals surface area contributed by atoms with Crippen molar-refractivity contribution in [3.8, 4) is 0 Å². The molecule has 2 heterocycles. The van der Waals surface area contributed by atoms with Crippen molar-refractivity contribution in [3.63, 3.8) is 0 Å². The summed E-state index contributed by atoms with van der Waals surface area (Å²) in [6, 6.07) is 10.6. The number of hydrogen-bond acceptors (Lipinski definition) is 2. The summed E-state index contributed by atoms with van der Waals surface area (Å²) in [4.78, 5) is 12.5. The zero-order valence-corrected chi connectivity index (χ0v) is 19.2. The van der Waals surface area contributed by atoms with Crippen LogP contribution in [0, 0.1) is 6.92 Å². The maximum absolute atomic E-state index is 4.68. The van der Waals surface area contributed by atoms with Crippen molar-refractivity contribution >= 4 is 40.8 Å². The van der Waals surface area contributed by atoms with E-state index in [1.54, 1.807) is 0 Å². The summed E-state index contributed by atoms with van der Waals surface area (Å²) in [7, 11) is 0. The number of aliphatic imine (C=N–C) groups is 1. The molecule has 5 nitrogen and oxygen atoms in total. The molecular formula is C22H30IN5. The number of nitrogens with one attached hydrogen (secondary N) is 3. The Balaban J connectivity index is 0.00000280. The van der Waals surface area contributed by atoms with Gasteiger partial charge in [-0.05, 0) is 49.4 Å². The smallest absolute Gasteiger partial charge is 0.191 e. The molecule has 2 aromatic heterocycles. The third kappa shape index (κ3) is 5.47. The van der Waals surface area contributed by atoms with Crippen molar-refractivity contribution in [1.29, 1.82) is 0 Å². The van der Waals surface area contributed by atoms with Crippen molar-refractivity contribution in [1.82, 2.24) is 20.6 Å². The normalized spacial score (nSPS) is 11.3. The van der Waals surface area contributed by atoms with Gasteiger partial charge in [0, 0.05) is 36.4 Å². The first kappa shape index (κ1) is 22.2. The van der Waals surface area contributed by atoms with Crippen LogP contribution in [-0.4, -0.2) is 29.0 Å². The summed E-state index contributed by atoms with van der Waals surface area (Å²) in [5.74, 6) is 0.830. The van der Waals surface area contributed by atoms with E-state index in [9.17, 15) is 0 Å². The molecule has 0 atom stereocenters. The molecule has 0 aliphatic rings. The Kier molecular flexibility index (Phi) is 8.76. The molecule has 3 N–H and O–H groups in total. The Morgan fingerprint density at radius 1 is 1.11 bits per heavy atom. The molecule has 0 bridgehead atoms. The molecule has 3 aromatic rings. The minimum atomic E-state index is 0. The minimum Gasteiger partial charge on any atom is -0.361 e. The molecule has 0 spiro atoms. The average molecular weight is 491 g/mol. The second-order valence-electron chi connectivity index (χ2n) is 6.65. The second kappa shape index (κ2) is 11.0. The number of nitrogens with zero attached hydrogens (tertiary/aromatic N) is 2. The lowest BCUT2D eigenvalue weighted by atomic mass is 10.1. The number of benzene rings is 1. The van der Waals surface area contributed by atoms with E-state index >= 15 is 0 Å². The van der Waals surface area contributed by atoms with Crippen molar-refractivity contribution < 1.29 is 0 Å². The van der Waals surface area contributed by atoms with Gasteiger partial charge in [0.15, 0.2) is 5.96 Å². The van der Waals surface area contributed by atoms with Crippen LogP contribution >= 0.6 is 24.0 Å². The number of aromatic amines is 1. The van der Waals surface area contributed by atoms with Crippen LogP contribution in [-0.2, 0) is 19.4 Å². The highest BCUT2D eigenvalue weighted by Gasteiger charge is 2.07. The molecule has 3 rings (SSSR count). The van der Waals surface area contributed by atoms with Crippen LogP contribution < -0.4 is 10.6 Å². The lowest BCUT2D eigenvalue weighted by molar-refractivity contribution is 0.797. The average Bonchev–Trinajstić information content (AvgIpc) is 3.10. The number of rotatable bonds is 7. The molecular weight excluding hydrogens is 461 g/mol. The first-order chi connectivity index (χ1) is 13.2. The van der Waals surface area contributed by atoms with Crippen LogP contribution in [0.4, 0.5) is 0 Å². The van der Waals surface area contributed by atoms with E-state index < -0.39 is 0 Å². The number of hydrogen-bond donors (Lipinski definition) is 3. The number of fused-ring (bicyclic) bond motifs is 1. The molecule has 28 heavy (non-hydrogen) atoms. The Labute approximate surface area is 184 Å². The quantitative estimate of drug-likeness (QED) is 0.262. The topological polar surface area (TPSA) is 65.1 Å². The lowest BCUT2D eigenvalue weighted by Gasteiger charge is -2.11. The molecule has 0 aliphatic heterocycles. The predicted molar refractivity (Wildman–Crippen MR) is 129 cm³/mol. The molecule has 150 valence electrons. The van der Waals surface area contributed by atoms with Gasteiger partial charge in [0.1, 0.15) is 0 Å². The number of pyridine rings is 1. The Bertz CT molecular complexity index is 916. The largest absolute Gasteiger partial charge is 0.361 e. The van der Waals surface area contributed by atoms with E-state index in [0.29, 0.717) is 6.54 Å². The SMILES string of the molecule is CCNC(=NCc1ncccc1C)NCCc1c[nH]c2c(CC)cccc12.I. The molecule has 6 heteroatoms. The third-order valence-corrected chi connectivity index (χ3v) is 4.80. The second-order valence-corrected chi connectivity index (χ2v) is 6.65. The van der Waals surface area contributed by atoms with Crippen LogP contribution in [0.5, 0.6) is 0 Å². The molecule has 0 aliphatic carbocycles. The van der Waals surface area contributed by atoms with Crippen LogP contribution in [0.2, 0.25) is 0 Å². The number of guanidine groups is 1. The fraction of sp³-hybridized carbons (Fsp3) is 0.364. The molecule has 0 fully saturated rings. The number of para-hydroxylation sites is 1. The van der Waals surface area contributed by atoms with Crippen LogP contribution in [0.25, 0.3) is 10.9 Å². The zero-order chi connectivity index (χ0) is 19.1. The number of halogens is 1. The maximum atomic E-state index is 4.68. The zero-order valence-electron chi connectivity index (χ0n) is 16.9. The fourth-order valence-corrected chi connectivity index (χ4v) is 3.27. The number of aromatic nitrogens is 2. The van der Waals surface area contributed by atoms with Gasteiger partial charge in [-0.1, -0.05) is 31.2 Å². The number of H-pyrrole nitrogens is 1. The van der Waals surface area contributed by atoms with E-state index in [4.69, 9.17) is 0 Å². The third-order valence-electron chi connectivity index (χ3n) is 4.80. The van der Waals surface area contributed by atoms with Gasteiger partial charge < -0.3 is 15.6 Å². The number of aryl methyl sites for hydroxylation is 2. The molecule has 1 aromatic carbocycles. The highest BCUT2D eigenvalue weighted by molar-refractivity contribution is 14.0. The van der Waals surface area contributed by atoms with Gasteiger partial charge >= 0.3 is 0 Å². The first-order valence-electron chi connectivity index (χ1n) is 9.73. The van der Waals surface area contributed by atoms with Crippen molar-refractivity contribution in [2.24, 2.45) is 4.99 Å². The van der Waals surface area contributed by atoms with Gasteiger partial charge in [0.2, 0.25) is 0 Å². The van der Waals surface area contributed by atoms with Gasteiger partial charge in [-0.25, -0.2) is 4.99 Å². The highest BCUT2D eigenvalue weighted by Crippen LogP contribution is 2.22. The predicted octanol–water partition coefficient (Wildman–Crippen LogP) is 4.35. The first-order valence-corrected chi connectivity index (χ1v) is 9.73. The molecule has 0 unspecified atom stereocenters. The Morgan fingerprint density at radius 2 is 1.96 bits per heavy atom. The monoisotopic (exact) mass is 491 g/mol. The van der Waals surface area contributed by atoms with E-state index in [0.717, 1.165) is 37.6 Å². The van der Waals surface area contributed by atoms with Gasteiger partial charge in [0.05, 0.1) is 12.2 Å². The Hall–Kier alpha value is -2.09. The van der Waals surface area contributed by atoms with E-state index in [-0.39, 0.29) is 24.0 Å². The summed E-state index contributed by atoms with van der Waals surface area (Å²) in [5.41, 5.74) is 6.15. The standard InChI is InChI=1S/C22H29N5.HI/c1-4-17-9-6-10-19-18(14-26-21(17)19)11-13-25-22(23-5-2)27-15-20-16(3)8-7-12-24-20;/h6-10,12,14,26H,4-5,11,13,15H2,1-3H3,(H2,23,25,27);1H. The van der Waals surface area contributed by atoms with E-state index in [2.05, 4.69) is 76.8 Å². The summed E-state index contributed by atoms with van der Waals surface area (Å²) in [6.45, 7) is 8.58. The van der Waals surface area contributed by atoms with Crippen molar-refractivity contribution in [2.45, 2.75) is 40.2 Å². The molecule has 0 saturated heterocycles. The van der Waals surface area contributed by atoms with Gasteiger partial charge in [-0.3, -0.25) is 4.98 Å². The summed E-state index contributed by atoms with van der Waals surface area (Å²) in [6.07, 6.45) is 5.94. The van der Waals surface area contributed by atoms with Gasteiger partial charge in [0.25, 0.3) is 0 Å². The minimum absolute atomic E-state index is 0. The summed E-state index contributed by atoms with van der Waals surface area (Å²) < 4.78 is 0. The van der Waals surface area contributed by atoms with Crippen LogP contribution in [0.1, 0.15) is 36.2 Å².